The zero-order chi connectivity index (χ0) is 18.6. The quantitative estimate of drug-likeness (QED) is 0.730. The van der Waals surface area contributed by atoms with Gasteiger partial charge in [0.05, 0.1) is 10.9 Å². The van der Waals surface area contributed by atoms with E-state index in [1.165, 1.54) is 12.1 Å². The number of carbonyl (C=O) groups is 2. The Labute approximate surface area is 145 Å². The van der Waals surface area contributed by atoms with E-state index in [0.717, 1.165) is 0 Å². The summed E-state index contributed by atoms with van der Waals surface area (Å²) < 4.78 is 29.0. The Kier molecular flexibility index (Phi) is 5.60. The standard InChI is InChI=1S/C16H19N3O5S/c1-11(12-5-7-13(8-6-12)25(17,22)23)18-15(20)10-24-16(21)14-4-3-9-19(14)2/h3-9,11H,10H2,1-2H3,(H,18,20)(H2,17,22,23)/t11-/m0/s1. The number of sulfonamides is 1. The number of carbonyl (C=O) groups excluding carboxylic acids is 2. The van der Waals surface area contributed by atoms with Crippen molar-refractivity contribution in [2.45, 2.75) is 17.9 Å². The highest BCUT2D eigenvalue weighted by molar-refractivity contribution is 7.89. The third-order valence-electron chi connectivity index (χ3n) is 3.57. The van der Waals surface area contributed by atoms with Crippen molar-refractivity contribution in [3.63, 3.8) is 0 Å². The largest absolute Gasteiger partial charge is 0.451 e. The molecule has 1 atom stereocenters. The van der Waals surface area contributed by atoms with Gasteiger partial charge in [-0.25, -0.2) is 18.4 Å². The summed E-state index contributed by atoms with van der Waals surface area (Å²) >= 11 is 0. The van der Waals surface area contributed by atoms with Crippen molar-refractivity contribution in [1.29, 1.82) is 0 Å². The van der Waals surface area contributed by atoms with E-state index in [1.807, 2.05) is 0 Å². The van der Waals surface area contributed by atoms with Crippen LogP contribution in [0.1, 0.15) is 29.0 Å². The molecule has 8 nitrogen and oxygen atoms in total. The molecule has 0 unspecified atom stereocenters. The average Bonchev–Trinajstić information content (AvgIpc) is 2.98. The lowest BCUT2D eigenvalue weighted by atomic mass is 10.1. The smallest absolute Gasteiger partial charge is 0.355 e. The molecule has 1 aromatic carbocycles. The predicted octanol–water partition coefficient (Wildman–Crippen LogP) is 0.707. The minimum Gasteiger partial charge on any atom is -0.451 e. The Bertz CT molecular complexity index is 871. The maximum absolute atomic E-state index is 11.9. The van der Waals surface area contributed by atoms with E-state index in [0.29, 0.717) is 11.3 Å². The van der Waals surface area contributed by atoms with E-state index in [1.54, 1.807) is 49.0 Å². The molecule has 0 aliphatic heterocycles. The zero-order valence-electron chi connectivity index (χ0n) is 13.8. The molecule has 1 aromatic heterocycles. The molecular weight excluding hydrogens is 346 g/mol. The molecule has 0 spiro atoms. The van der Waals surface area contributed by atoms with Crippen molar-refractivity contribution in [3.8, 4) is 0 Å². The van der Waals surface area contributed by atoms with Gasteiger partial charge in [0.1, 0.15) is 5.69 Å². The molecular formula is C16H19N3O5S. The van der Waals surface area contributed by atoms with Crippen LogP contribution in [0.15, 0.2) is 47.5 Å². The van der Waals surface area contributed by atoms with Crippen LogP contribution in [0.4, 0.5) is 0 Å². The van der Waals surface area contributed by atoms with E-state index >= 15 is 0 Å². The fourth-order valence-corrected chi connectivity index (χ4v) is 2.71. The van der Waals surface area contributed by atoms with Crippen LogP contribution < -0.4 is 10.5 Å². The Balaban J connectivity index is 1.89. The summed E-state index contributed by atoms with van der Waals surface area (Å²) in [6.45, 7) is 1.31. The lowest BCUT2D eigenvalue weighted by Gasteiger charge is -2.15. The molecule has 0 fully saturated rings. The molecule has 2 aromatic rings. The molecule has 0 radical (unpaired) electrons. The van der Waals surface area contributed by atoms with Crippen LogP contribution in [0.25, 0.3) is 0 Å². The summed E-state index contributed by atoms with van der Waals surface area (Å²) in [5.74, 6) is -1.06. The first kappa shape index (κ1) is 18.7. The topological polar surface area (TPSA) is 120 Å². The van der Waals surface area contributed by atoms with Gasteiger partial charge in [-0.1, -0.05) is 12.1 Å². The number of primary sulfonamides is 1. The van der Waals surface area contributed by atoms with E-state index < -0.39 is 34.5 Å². The van der Waals surface area contributed by atoms with Gasteiger partial charge in [-0.3, -0.25) is 4.79 Å². The Hall–Kier alpha value is -2.65. The van der Waals surface area contributed by atoms with Gasteiger partial charge >= 0.3 is 5.97 Å². The van der Waals surface area contributed by atoms with Crippen molar-refractivity contribution in [2.24, 2.45) is 12.2 Å². The summed E-state index contributed by atoms with van der Waals surface area (Å²) in [6, 6.07) is 8.74. The predicted molar refractivity (Wildman–Crippen MR) is 90.1 cm³/mol. The van der Waals surface area contributed by atoms with Crippen LogP contribution in [0.5, 0.6) is 0 Å². The van der Waals surface area contributed by atoms with E-state index in [-0.39, 0.29) is 4.90 Å². The molecule has 0 saturated heterocycles. The number of nitrogens with one attached hydrogen (secondary N) is 1. The zero-order valence-corrected chi connectivity index (χ0v) is 14.6. The van der Waals surface area contributed by atoms with E-state index in [9.17, 15) is 18.0 Å². The lowest BCUT2D eigenvalue weighted by Crippen LogP contribution is -2.31. The first-order chi connectivity index (χ1) is 11.7. The van der Waals surface area contributed by atoms with Gasteiger partial charge in [0.2, 0.25) is 10.0 Å². The van der Waals surface area contributed by atoms with Gasteiger partial charge in [-0.05, 0) is 36.8 Å². The van der Waals surface area contributed by atoms with Crippen LogP contribution in [0, 0.1) is 0 Å². The highest BCUT2D eigenvalue weighted by Crippen LogP contribution is 2.15. The molecule has 0 bridgehead atoms. The van der Waals surface area contributed by atoms with Crippen molar-refractivity contribution in [2.75, 3.05) is 6.61 Å². The first-order valence-electron chi connectivity index (χ1n) is 7.39. The minimum atomic E-state index is -3.76. The Morgan fingerprint density at radius 2 is 1.88 bits per heavy atom. The van der Waals surface area contributed by atoms with Gasteiger partial charge in [0.25, 0.3) is 5.91 Å². The maximum atomic E-state index is 11.9. The summed E-state index contributed by atoms with van der Waals surface area (Å²) in [4.78, 5) is 23.7. The molecule has 9 heteroatoms. The number of nitrogens with zero attached hydrogens (tertiary/aromatic N) is 1. The van der Waals surface area contributed by atoms with Gasteiger partial charge < -0.3 is 14.6 Å². The van der Waals surface area contributed by atoms with Gasteiger partial charge in [-0.15, -0.1) is 0 Å². The molecule has 134 valence electrons. The summed E-state index contributed by atoms with van der Waals surface area (Å²) in [7, 11) is -2.06. The highest BCUT2D eigenvalue weighted by atomic mass is 32.2. The lowest BCUT2D eigenvalue weighted by molar-refractivity contribution is -0.124. The molecule has 25 heavy (non-hydrogen) atoms. The second-order valence-electron chi connectivity index (χ2n) is 5.48. The third kappa shape index (κ3) is 4.91. The maximum Gasteiger partial charge on any atom is 0.355 e. The van der Waals surface area contributed by atoms with Crippen LogP contribution >= 0.6 is 0 Å². The Morgan fingerprint density at radius 3 is 2.40 bits per heavy atom. The second kappa shape index (κ2) is 7.49. The molecule has 2 rings (SSSR count). The number of benzene rings is 1. The molecule has 1 heterocycles. The summed E-state index contributed by atoms with van der Waals surface area (Å²) in [5, 5.41) is 7.70. The normalized spacial score (nSPS) is 12.4. The van der Waals surface area contributed by atoms with E-state index in [4.69, 9.17) is 9.88 Å². The molecule has 1 amide bonds. The number of amides is 1. The second-order valence-corrected chi connectivity index (χ2v) is 7.05. The van der Waals surface area contributed by atoms with Crippen LogP contribution in [-0.4, -0.2) is 31.5 Å². The Morgan fingerprint density at radius 1 is 1.24 bits per heavy atom. The van der Waals surface area contributed by atoms with Crippen LogP contribution in [0.2, 0.25) is 0 Å². The SMILES string of the molecule is C[C@H](NC(=O)COC(=O)c1cccn1C)c1ccc(S(N)(=O)=O)cc1. The average molecular weight is 365 g/mol. The fraction of sp³-hybridized carbons (Fsp3) is 0.250. The monoisotopic (exact) mass is 365 g/mol. The highest BCUT2D eigenvalue weighted by Gasteiger charge is 2.15. The number of rotatable bonds is 6. The number of hydrogen-bond acceptors (Lipinski definition) is 5. The van der Waals surface area contributed by atoms with Crippen molar-refractivity contribution in [3.05, 3.63) is 53.9 Å². The van der Waals surface area contributed by atoms with E-state index in [2.05, 4.69) is 5.32 Å². The van der Waals surface area contributed by atoms with Crippen molar-refractivity contribution in [1.82, 2.24) is 9.88 Å². The summed E-state index contributed by atoms with van der Waals surface area (Å²) in [5.41, 5.74) is 1.04. The molecule has 0 aliphatic rings. The number of hydrogen-bond donors (Lipinski definition) is 2. The van der Waals surface area contributed by atoms with Crippen molar-refractivity contribution >= 4 is 21.9 Å². The minimum absolute atomic E-state index is 0.00808. The number of nitrogens with two attached hydrogens (primary N) is 1. The van der Waals surface area contributed by atoms with Gasteiger partial charge in [0, 0.05) is 13.2 Å². The van der Waals surface area contributed by atoms with Gasteiger partial charge in [-0.2, -0.15) is 0 Å². The van der Waals surface area contributed by atoms with Crippen molar-refractivity contribution < 1.29 is 22.7 Å². The van der Waals surface area contributed by atoms with Gasteiger partial charge in [0.15, 0.2) is 6.61 Å². The number of aryl methyl sites for hydroxylation is 1. The molecule has 3 N–H and O–H groups in total. The molecule has 0 aliphatic carbocycles. The number of ether oxygens (including phenoxy) is 1. The summed E-state index contributed by atoms with van der Waals surface area (Å²) in [6.07, 6.45) is 1.70. The molecule has 0 saturated carbocycles. The number of aromatic nitrogens is 1. The number of esters is 1. The first-order valence-corrected chi connectivity index (χ1v) is 8.93. The van der Waals surface area contributed by atoms with Crippen LogP contribution in [-0.2, 0) is 26.6 Å². The van der Waals surface area contributed by atoms with Crippen LogP contribution in [0.3, 0.4) is 0 Å². The third-order valence-corrected chi connectivity index (χ3v) is 4.50. The fourth-order valence-electron chi connectivity index (χ4n) is 2.19.